The van der Waals surface area contributed by atoms with Gasteiger partial charge >= 0.3 is 37.7 Å². The predicted molar refractivity (Wildman–Crippen MR) is 119 cm³/mol. The van der Waals surface area contributed by atoms with Crippen LogP contribution in [0.15, 0.2) is 85.1 Å². The van der Waals surface area contributed by atoms with E-state index in [-0.39, 0.29) is 50.9 Å². The van der Waals surface area contributed by atoms with Crippen molar-refractivity contribution in [3.8, 4) is 11.5 Å². The summed E-state index contributed by atoms with van der Waals surface area (Å²) in [6.45, 7) is 0. The number of H-pyrrole nitrogens is 1. The molecule has 6 heteroatoms. The molecule has 1 aliphatic rings. The third kappa shape index (κ3) is 5.66. The van der Waals surface area contributed by atoms with Gasteiger partial charge in [-0.2, -0.15) is 4.58 Å². The molecule has 0 fully saturated rings. The molecule has 0 spiro atoms. The van der Waals surface area contributed by atoms with Crippen LogP contribution in [0.4, 0.5) is 5.69 Å². The maximum atomic E-state index is 11.1. The van der Waals surface area contributed by atoms with Gasteiger partial charge in [-0.1, -0.05) is 42.5 Å². The SMILES string of the molecule is COc1ccccc1C1=[N+](C)c2ccccc2C1.[CH3-].[Li+].[Li+].[O-]c1cccc2ccc[nH+]c12. The molecule has 4 aromatic rings. The molecule has 0 aliphatic carbocycles. The second-order valence-corrected chi connectivity index (χ2v) is 6.90. The van der Waals surface area contributed by atoms with Gasteiger partial charge in [-0.3, -0.25) is 0 Å². The van der Waals surface area contributed by atoms with Crippen molar-refractivity contribution in [3.63, 3.8) is 0 Å². The standard InChI is InChI=1S/C16H16NO.C9H7NO.CH3.2Li/c1-17-14-9-5-3-7-12(14)11-15(17)13-8-4-6-10-16(13)18-2;11-8-5-1-3-7-4-2-6-10-9(7)8;;;/h3-10H,11H2,1-2H3;1-6,11H;1H3;;/q+1;;-1;2*+1. The van der Waals surface area contributed by atoms with Crippen LogP contribution < -0.4 is 52.5 Å². The van der Waals surface area contributed by atoms with Crippen molar-refractivity contribution in [1.82, 2.24) is 0 Å². The molecule has 5 rings (SSSR count). The number of para-hydroxylation sites is 3. The Morgan fingerprint density at radius 2 is 1.56 bits per heavy atom. The van der Waals surface area contributed by atoms with E-state index in [4.69, 9.17) is 4.74 Å². The molecule has 0 bridgehead atoms. The fraction of sp³-hybridized carbons (Fsp3) is 0.115. The number of benzene rings is 3. The molecule has 0 atom stereocenters. The minimum atomic E-state index is 0. The van der Waals surface area contributed by atoms with Gasteiger partial charge in [-0.25, -0.2) is 4.98 Å². The first-order chi connectivity index (χ1) is 14.2. The van der Waals surface area contributed by atoms with Crippen LogP contribution in [-0.2, 0) is 6.42 Å². The molecule has 1 N–H and O–H groups in total. The van der Waals surface area contributed by atoms with E-state index in [1.807, 2.05) is 30.3 Å². The number of hydrogen-bond donors (Lipinski definition) is 0. The maximum Gasteiger partial charge on any atom is 1.00 e. The molecule has 0 saturated carbocycles. The van der Waals surface area contributed by atoms with Gasteiger partial charge in [0.25, 0.3) is 0 Å². The summed E-state index contributed by atoms with van der Waals surface area (Å²) in [5, 5.41) is 12.1. The van der Waals surface area contributed by atoms with E-state index < -0.39 is 0 Å². The molecule has 1 aliphatic heterocycles. The van der Waals surface area contributed by atoms with Gasteiger partial charge in [0.1, 0.15) is 12.8 Å². The Balaban J connectivity index is 0.000000320. The van der Waals surface area contributed by atoms with Crippen LogP contribution in [-0.4, -0.2) is 24.4 Å². The quantitative estimate of drug-likeness (QED) is 0.222. The van der Waals surface area contributed by atoms with Crippen LogP contribution in [0.1, 0.15) is 11.1 Å². The van der Waals surface area contributed by atoms with Gasteiger partial charge < -0.3 is 17.3 Å². The summed E-state index contributed by atoms with van der Waals surface area (Å²) in [6, 6.07) is 25.7. The molecule has 0 unspecified atom stereocenters. The van der Waals surface area contributed by atoms with Crippen molar-refractivity contribution >= 4 is 22.3 Å². The van der Waals surface area contributed by atoms with Crippen LogP contribution in [0, 0.1) is 7.43 Å². The fourth-order valence-electron chi connectivity index (χ4n) is 3.72. The van der Waals surface area contributed by atoms with Gasteiger partial charge in [0.2, 0.25) is 11.2 Å². The largest absolute Gasteiger partial charge is 1.00 e. The van der Waals surface area contributed by atoms with Gasteiger partial charge in [0, 0.05) is 23.1 Å². The van der Waals surface area contributed by atoms with E-state index in [9.17, 15) is 5.11 Å². The number of ether oxygens (including phenoxy) is 1. The Hall–Kier alpha value is -2.47. The molecule has 1 aromatic heterocycles. The minimum absolute atomic E-state index is 0. The fourth-order valence-corrected chi connectivity index (χ4v) is 3.72. The van der Waals surface area contributed by atoms with Crippen LogP contribution in [0.2, 0.25) is 0 Å². The molecular weight excluding hydrogens is 386 g/mol. The van der Waals surface area contributed by atoms with Crippen molar-refractivity contribution in [3.05, 3.63) is 104 Å². The third-order valence-electron chi connectivity index (χ3n) is 5.19. The van der Waals surface area contributed by atoms with Crippen LogP contribution in [0.5, 0.6) is 11.5 Å². The summed E-state index contributed by atoms with van der Waals surface area (Å²) < 4.78 is 7.71. The topological polar surface area (TPSA) is 49.4 Å². The summed E-state index contributed by atoms with van der Waals surface area (Å²) in [5.41, 5.74) is 5.82. The first-order valence-electron chi connectivity index (χ1n) is 9.56. The van der Waals surface area contributed by atoms with E-state index in [0.717, 1.165) is 17.6 Å². The normalized spacial score (nSPS) is 11.2. The molecule has 32 heavy (non-hydrogen) atoms. The Bertz CT molecular complexity index is 1200. The average molecular weight is 412 g/mol. The summed E-state index contributed by atoms with van der Waals surface area (Å²) >= 11 is 0. The first kappa shape index (κ1) is 27.6. The molecule has 0 amide bonds. The smallest absolute Gasteiger partial charge is 0.868 e. The molecule has 0 saturated heterocycles. The van der Waals surface area contributed by atoms with E-state index in [1.54, 1.807) is 25.4 Å². The van der Waals surface area contributed by atoms with Crippen molar-refractivity contribution in [1.29, 1.82) is 0 Å². The van der Waals surface area contributed by atoms with Gasteiger partial charge in [0.05, 0.1) is 19.1 Å². The zero-order valence-corrected chi connectivity index (χ0v) is 19.6. The Morgan fingerprint density at radius 3 is 2.28 bits per heavy atom. The van der Waals surface area contributed by atoms with E-state index in [2.05, 4.69) is 53.0 Å². The van der Waals surface area contributed by atoms with Crippen molar-refractivity contribution in [2.24, 2.45) is 0 Å². The summed E-state index contributed by atoms with van der Waals surface area (Å²) in [4.78, 5) is 2.91. The number of aromatic amines is 1. The van der Waals surface area contributed by atoms with Gasteiger partial charge in [-0.05, 0) is 30.0 Å². The van der Waals surface area contributed by atoms with E-state index in [0.29, 0.717) is 5.52 Å². The molecule has 0 radical (unpaired) electrons. The van der Waals surface area contributed by atoms with Gasteiger partial charge in [-0.15, -0.1) is 0 Å². The van der Waals surface area contributed by atoms with Crippen LogP contribution in [0.3, 0.4) is 0 Å². The number of rotatable bonds is 2. The zero-order valence-electron chi connectivity index (χ0n) is 19.6. The number of pyridine rings is 1. The monoisotopic (exact) mass is 412 g/mol. The van der Waals surface area contributed by atoms with E-state index in [1.165, 1.54) is 22.5 Å². The van der Waals surface area contributed by atoms with Crippen molar-refractivity contribution < 1.29 is 57.1 Å². The second-order valence-electron chi connectivity index (χ2n) is 6.90. The molecule has 4 nitrogen and oxygen atoms in total. The van der Waals surface area contributed by atoms with E-state index >= 15 is 0 Å². The summed E-state index contributed by atoms with van der Waals surface area (Å²) in [6.07, 6.45) is 2.72. The predicted octanol–water partition coefficient (Wildman–Crippen LogP) is -1.80. The number of fused-ring (bicyclic) bond motifs is 2. The Labute approximate surface area is 214 Å². The first-order valence-corrected chi connectivity index (χ1v) is 9.56. The van der Waals surface area contributed by atoms with Crippen molar-refractivity contribution in [2.75, 3.05) is 14.2 Å². The molecule has 3 aromatic carbocycles. The molecule has 152 valence electrons. The number of nitrogens with one attached hydrogen (secondary N) is 1. The molecular formula is C26H26Li2N2O2+2. The van der Waals surface area contributed by atoms with Gasteiger partial charge in [0.15, 0.2) is 11.9 Å². The third-order valence-corrected chi connectivity index (χ3v) is 5.19. The summed E-state index contributed by atoms with van der Waals surface area (Å²) in [7, 11) is 3.84. The zero-order chi connectivity index (χ0) is 20.2. The molecule has 2 heterocycles. The number of hydrogen-bond acceptors (Lipinski definition) is 2. The Morgan fingerprint density at radius 1 is 0.875 bits per heavy atom. The average Bonchev–Trinajstić information content (AvgIpc) is 3.11. The summed E-state index contributed by atoms with van der Waals surface area (Å²) in [5.74, 6) is 0.982. The number of nitrogens with zero attached hydrogens (tertiary/aromatic N) is 1. The van der Waals surface area contributed by atoms with Crippen LogP contribution in [0.25, 0.3) is 10.9 Å². The minimum Gasteiger partial charge on any atom is -0.868 e. The number of aromatic nitrogens is 1. The Kier molecular flexibility index (Phi) is 10.8. The second kappa shape index (κ2) is 12.5. The number of methoxy groups -OCH3 is 1. The van der Waals surface area contributed by atoms with Crippen LogP contribution >= 0.6 is 0 Å². The maximum absolute atomic E-state index is 11.1. The van der Waals surface area contributed by atoms with Crippen molar-refractivity contribution in [2.45, 2.75) is 6.42 Å².